The summed E-state index contributed by atoms with van der Waals surface area (Å²) in [6, 6.07) is 7.92. The van der Waals surface area contributed by atoms with E-state index in [4.69, 9.17) is 11.0 Å². The second-order valence-corrected chi connectivity index (χ2v) is 4.69. The summed E-state index contributed by atoms with van der Waals surface area (Å²) in [5, 5.41) is 0. The second kappa shape index (κ2) is 4.18. The molecule has 0 aliphatic rings. The van der Waals surface area contributed by atoms with E-state index in [2.05, 4.69) is 0 Å². The molecule has 0 aliphatic heterocycles. The number of hydrogen-bond acceptors (Lipinski definition) is 1. The van der Waals surface area contributed by atoms with E-state index < -0.39 is 23.5 Å². The maximum absolute atomic E-state index is 5.58. The van der Waals surface area contributed by atoms with Crippen LogP contribution < -0.4 is 2.69 Å². The topological polar surface area (TPSA) is 9.23 Å². The van der Waals surface area contributed by atoms with Crippen LogP contribution in [-0.2, 0) is 0 Å². The summed E-state index contributed by atoms with van der Waals surface area (Å²) in [7, 11) is 5.58. The van der Waals surface area contributed by atoms with Crippen molar-refractivity contribution in [3.8, 4) is 5.75 Å². The van der Waals surface area contributed by atoms with Gasteiger partial charge >= 0.3 is 77.0 Å². The van der Waals surface area contributed by atoms with Crippen molar-refractivity contribution in [2.24, 2.45) is 0 Å². The van der Waals surface area contributed by atoms with Gasteiger partial charge in [-0.2, -0.15) is 0 Å². The van der Waals surface area contributed by atoms with Gasteiger partial charge in [-0.15, -0.1) is 0 Å². The van der Waals surface area contributed by atoms with Crippen molar-refractivity contribution in [1.82, 2.24) is 0 Å². The molecule has 1 aromatic rings. The van der Waals surface area contributed by atoms with Crippen molar-refractivity contribution < 1.29 is 2.69 Å². The fraction of sp³-hybridized carbons (Fsp3) is 0.143. The number of para-hydroxylation sites is 1. The Hall–Kier alpha value is 0.232. The first-order valence-electron chi connectivity index (χ1n) is 2.92. The van der Waals surface area contributed by atoms with Gasteiger partial charge in [-0.1, -0.05) is 0 Å². The molecule has 0 atom stereocenters. The van der Waals surface area contributed by atoms with Crippen molar-refractivity contribution in [3.63, 3.8) is 0 Å². The molecule has 0 bridgehead atoms. The summed E-state index contributed by atoms with van der Waals surface area (Å²) in [4.78, 5) is 0. The predicted molar refractivity (Wildman–Crippen MR) is 43.4 cm³/mol. The minimum atomic E-state index is -1.25. The van der Waals surface area contributed by atoms with Gasteiger partial charge in [0.25, 0.3) is 0 Å². The first kappa shape index (κ1) is 8.33. The Balaban J connectivity index is 2.81. The zero-order valence-corrected chi connectivity index (χ0v) is 10.2. The molecule has 2 radical (unpaired) electrons. The number of halogens is 1. The molecule has 0 N–H and O–H groups in total. The van der Waals surface area contributed by atoms with E-state index in [1.807, 2.05) is 31.2 Å². The average molecular weight is 350 g/mol. The standard InChI is InChI=1S/C7H8O.ClH.Pb/c1-6-4-2-3-5-7(6)8;;/h2-5,8H,1H3;1H;/q;;+2/p-2. The van der Waals surface area contributed by atoms with Crippen LogP contribution in [0.15, 0.2) is 24.3 Å². The van der Waals surface area contributed by atoms with Crippen LogP contribution in [0.3, 0.4) is 0 Å². The van der Waals surface area contributed by atoms with E-state index >= 15 is 0 Å². The van der Waals surface area contributed by atoms with Gasteiger partial charge in [0.05, 0.1) is 0 Å². The van der Waals surface area contributed by atoms with Crippen LogP contribution >= 0.6 is 8.32 Å². The molecule has 1 nitrogen and oxygen atoms in total. The molecule has 52 valence electrons. The molecule has 0 fully saturated rings. The fourth-order valence-electron chi connectivity index (χ4n) is 0.712. The van der Waals surface area contributed by atoms with Gasteiger partial charge in [-0.05, 0) is 0 Å². The van der Waals surface area contributed by atoms with Crippen molar-refractivity contribution in [1.29, 1.82) is 0 Å². The Kier molecular flexibility index (Phi) is 3.48. The molecule has 10 heavy (non-hydrogen) atoms. The third kappa shape index (κ3) is 2.13. The van der Waals surface area contributed by atoms with E-state index in [1.165, 1.54) is 0 Å². The quantitative estimate of drug-likeness (QED) is 0.743. The molecule has 3 heteroatoms. The molecular weight excluding hydrogens is 343 g/mol. The predicted octanol–water partition coefficient (Wildman–Crippen LogP) is 2.15. The molecular formula is C7H7ClOPb. The fourth-order valence-corrected chi connectivity index (χ4v) is 2.66. The van der Waals surface area contributed by atoms with E-state index in [-0.39, 0.29) is 0 Å². The molecule has 0 aromatic heterocycles. The number of rotatable bonds is 2. The third-order valence-corrected chi connectivity index (χ3v) is 3.07. The maximum atomic E-state index is 5.58. The molecule has 0 spiro atoms. The zero-order valence-electron chi connectivity index (χ0n) is 5.60. The summed E-state index contributed by atoms with van der Waals surface area (Å²) < 4.78 is 5.30. The molecule has 0 amide bonds. The zero-order chi connectivity index (χ0) is 7.40. The van der Waals surface area contributed by atoms with Gasteiger partial charge in [0, 0.05) is 0 Å². The first-order chi connectivity index (χ1) is 4.84. The van der Waals surface area contributed by atoms with Crippen LogP contribution in [0, 0.1) is 6.92 Å². The molecule has 0 saturated carbocycles. The molecule has 0 aliphatic carbocycles. The van der Waals surface area contributed by atoms with Crippen LogP contribution in [0.4, 0.5) is 0 Å². The van der Waals surface area contributed by atoms with Gasteiger partial charge in [-0.3, -0.25) is 0 Å². The Bertz CT molecular complexity index is 215. The van der Waals surface area contributed by atoms with Gasteiger partial charge < -0.3 is 0 Å². The van der Waals surface area contributed by atoms with Crippen LogP contribution in [0.1, 0.15) is 5.56 Å². The summed E-state index contributed by atoms with van der Waals surface area (Å²) in [6.45, 7) is 2.02. The van der Waals surface area contributed by atoms with Crippen molar-refractivity contribution >= 4 is 31.8 Å². The molecule has 0 saturated heterocycles. The summed E-state index contributed by atoms with van der Waals surface area (Å²) in [5.41, 5.74) is 1.16. The van der Waals surface area contributed by atoms with E-state index in [1.54, 1.807) is 0 Å². The summed E-state index contributed by atoms with van der Waals surface area (Å²) in [6.07, 6.45) is 0. The van der Waals surface area contributed by atoms with Crippen LogP contribution in [0.2, 0.25) is 0 Å². The van der Waals surface area contributed by atoms with Crippen molar-refractivity contribution in [2.75, 3.05) is 0 Å². The Morgan fingerprint density at radius 3 is 2.70 bits per heavy atom. The van der Waals surface area contributed by atoms with E-state index in [9.17, 15) is 0 Å². The monoisotopic (exact) mass is 350 g/mol. The van der Waals surface area contributed by atoms with Crippen LogP contribution in [0.5, 0.6) is 5.75 Å². The number of benzene rings is 1. The van der Waals surface area contributed by atoms with Gasteiger partial charge in [0.2, 0.25) is 0 Å². The average Bonchev–Trinajstić information content (AvgIpc) is 1.94. The number of hydrogen-bond donors (Lipinski definition) is 0. The Morgan fingerprint density at radius 1 is 1.40 bits per heavy atom. The van der Waals surface area contributed by atoms with E-state index in [0.717, 1.165) is 11.3 Å². The van der Waals surface area contributed by atoms with Gasteiger partial charge in [0.15, 0.2) is 0 Å². The Morgan fingerprint density at radius 2 is 2.10 bits per heavy atom. The molecule has 1 aromatic carbocycles. The SMILES string of the molecule is Cc1ccccc1[O][Pb][Cl]. The molecule has 0 heterocycles. The van der Waals surface area contributed by atoms with Crippen molar-refractivity contribution in [3.05, 3.63) is 29.8 Å². The molecule has 1 rings (SSSR count). The number of aryl methyl sites for hydroxylation is 1. The Labute approximate surface area is 76.7 Å². The van der Waals surface area contributed by atoms with Crippen molar-refractivity contribution in [2.45, 2.75) is 6.92 Å². The third-order valence-electron chi connectivity index (χ3n) is 1.24. The van der Waals surface area contributed by atoms with E-state index in [0.29, 0.717) is 0 Å². The van der Waals surface area contributed by atoms with Crippen LogP contribution in [0.25, 0.3) is 0 Å². The van der Waals surface area contributed by atoms with Gasteiger partial charge in [-0.25, -0.2) is 0 Å². The first-order valence-corrected chi connectivity index (χ1v) is 9.30. The normalized spacial score (nSPS) is 9.40. The summed E-state index contributed by atoms with van der Waals surface area (Å²) in [5.74, 6) is 0.945. The minimum absolute atomic E-state index is 0.945. The second-order valence-electron chi connectivity index (χ2n) is 1.94. The summed E-state index contributed by atoms with van der Waals surface area (Å²) >= 11 is -1.25. The van der Waals surface area contributed by atoms with Gasteiger partial charge in [0.1, 0.15) is 0 Å². The van der Waals surface area contributed by atoms with Crippen LogP contribution in [-0.4, -0.2) is 23.5 Å². The molecule has 0 unspecified atom stereocenters.